The van der Waals surface area contributed by atoms with E-state index in [0.29, 0.717) is 18.5 Å². The maximum atomic E-state index is 13.8. The fraction of sp³-hybridized carbons (Fsp3) is 0.571. The van der Waals surface area contributed by atoms with Crippen molar-refractivity contribution in [1.82, 2.24) is 9.71 Å². The molecule has 0 atom stereocenters. The molecule has 29 heavy (non-hydrogen) atoms. The average molecular weight is 438 g/mol. The zero-order valence-electron chi connectivity index (χ0n) is 16.7. The first kappa shape index (κ1) is 20.8. The van der Waals surface area contributed by atoms with E-state index in [1.54, 1.807) is 24.3 Å². The van der Waals surface area contributed by atoms with E-state index in [4.69, 9.17) is 4.98 Å². The molecule has 4 rings (SSSR count). The summed E-state index contributed by atoms with van der Waals surface area (Å²) in [6, 6.07) is 5.40. The quantitative estimate of drug-likeness (QED) is 0.705. The largest absolute Gasteiger partial charge is 0.359 e. The molecule has 1 fully saturated rings. The van der Waals surface area contributed by atoms with Crippen LogP contribution in [0.2, 0.25) is 0 Å². The highest BCUT2D eigenvalue weighted by Gasteiger charge is 2.25. The molecule has 1 heterocycles. The summed E-state index contributed by atoms with van der Waals surface area (Å²) in [6.07, 6.45) is 7.03. The van der Waals surface area contributed by atoms with Crippen LogP contribution in [0.3, 0.4) is 0 Å². The van der Waals surface area contributed by atoms with Gasteiger partial charge in [0.05, 0.1) is 11.4 Å². The average Bonchev–Trinajstić information content (AvgIpc) is 3.03. The second-order valence-electron chi connectivity index (χ2n) is 8.06. The molecule has 2 aromatic rings. The van der Waals surface area contributed by atoms with Gasteiger partial charge in [-0.1, -0.05) is 6.07 Å². The van der Waals surface area contributed by atoms with Crippen LogP contribution in [0.4, 0.5) is 9.52 Å². The maximum absolute atomic E-state index is 13.8. The van der Waals surface area contributed by atoms with Crippen LogP contribution in [-0.2, 0) is 22.9 Å². The first-order valence-corrected chi connectivity index (χ1v) is 12.9. The topological polar surface area (TPSA) is 71.1 Å². The lowest BCUT2D eigenvalue weighted by molar-refractivity contribution is 0.337. The van der Waals surface area contributed by atoms with Crippen molar-refractivity contribution in [1.29, 1.82) is 0 Å². The van der Waals surface area contributed by atoms with Crippen LogP contribution < -0.4 is 10.0 Å². The van der Waals surface area contributed by atoms with Crippen LogP contribution >= 0.6 is 11.3 Å². The van der Waals surface area contributed by atoms with Crippen molar-refractivity contribution in [3.05, 3.63) is 34.5 Å². The van der Waals surface area contributed by atoms with Gasteiger partial charge in [0, 0.05) is 23.0 Å². The van der Waals surface area contributed by atoms with Crippen molar-refractivity contribution in [2.45, 2.75) is 57.9 Å². The summed E-state index contributed by atoms with van der Waals surface area (Å²) < 4.78 is 39.8. The molecular weight excluding hydrogens is 409 g/mol. The molecule has 0 bridgehead atoms. The predicted octanol–water partition coefficient (Wildman–Crippen LogP) is 4.35. The summed E-state index contributed by atoms with van der Waals surface area (Å²) in [5.74, 6) is 0.319. The van der Waals surface area contributed by atoms with Gasteiger partial charge in [-0.3, -0.25) is 0 Å². The summed E-state index contributed by atoms with van der Waals surface area (Å²) in [5.41, 5.74) is 3.05. The highest BCUT2D eigenvalue weighted by atomic mass is 32.2. The molecule has 1 saturated carbocycles. The van der Waals surface area contributed by atoms with Gasteiger partial charge < -0.3 is 5.32 Å². The number of rotatable bonds is 6. The van der Waals surface area contributed by atoms with Crippen molar-refractivity contribution < 1.29 is 12.8 Å². The number of benzene rings is 1. The third-order valence-electron chi connectivity index (χ3n) is 6.02. The SMILES string of the molecule is CCS(=O)(=O)NCC1CCC(Nc2nc3c(s2)CCCc2ccc(F)cc2-3)CC1. The van der Waals surface area contributed by atoms with E-state index in [9.17, 15) is 12.8 Å². The zero-order chi connectivity index (χ0) is 20.4. The van der Waals surface area contributed by atoms with Crippen LogP contribution in [-0.4, -0.2) is 31.7 Å². The molecule has 0 amide bonds. The Kier molecular flexibility index (Phi) is 6.22. The summed E-state index contributed by atoms with van der Waals surface area (Å²) in [4.78, 5) is 6.07. The number of aromatic nitrogens is 1. The van der Waals surface area contributed by atoms with Crippen molar-refractivity contribution in [3.8, 4) is 11.3 Å². The van der Waals surface area contributed by atoms with Crippen molar-refractivity contribution in [2.24, 2.45) is 5.92 Å². The van der Waals surface area contributed by atoms with Gasteiger partial charge >= 0.3 is 0 Å². The Morgan fingerprint density at radius 3 is 2.76 bits per heavy atom. The number of nitrogens with zero attached hydrogens (tertiary/aromatic N) is 1. The zero-order valence-corrected chi connectivity index (χ0v) is 18.3. The molecule has 8 heteroatoms. The fourth-order valence-electron chi connectivity index (χ4n) is 4.25. The van der Waals surface area contributed by atoms with Gasteiger partial charge in [0.2, 0.25) is 10.0 Å². The number of anilines is 1. The van der Waals surface area contributed by atoms with E-state index < -0.39 is 10.0 Å². The molecule has 1 aromatic carbocycles. The lowest BCUT2D eigenvalue weighted by atomic mass is 9.86. The second-order valence-corrected chi connectivity index (χ2v) is 11.2. The van der Waals surface area contributed by atoms with Gasteiger partial charge in [0.15, 0.2) is 5.13 Å². The Morgan fingerprint density at radius 2 is 2.00 bits per heavy atom. The Bertz CT molecular complexity index is 966. The highest BCUT2D eigenvalue weighted by Crippen LogP contribution is 2.38. The second kappa shape index (κ2) is 8.70. The Labute approximate surface area is 176 Å². The molecule has 158 valence electrons. The summed E-state index contributed by atoms with van der Waals surface area (Å²) in [5, 5.41) is 4.50. The number of fused-ring (bicyclic) bond motifs is 3. The molecular formula is C21H28FN3O2S2. The minimum Gasteiger partial charge on any atom is -0.359 e. The number of hydrogen-bond acceptors (Lipinski definition) is 5. The standard InChI is InChI=1S/C21H28FN3O2S2/c1-2-29(26,27)23-13-14-6-10-17(11-7-14)24-21-25-20-18-12-16(22)9-8-15(18)4-3-5-19(20)28-21/h8-9,12,14,17,23H,2-7,10-11,13H2,1H3,(H,24,25). The Hall–Kier alpha value is -1.51. The highest BCUT2D eigenvalue weighted by molar-refractivity contribution is 7.89. The van der Waals surface area contributed by atoms with Gasteiger partial charge in [-0.15, -0.1) is 11.3 Å². The number of aryl methyl sites for hydroxylation is 2. The molecule has 5 nitrogen and oxygen atoms in total. The van der Waals surface area contributed by atoms with Crippen molar-refractivity contribution >= 4 is 26.5 Å². The third-order valence-corrected chi connectivity index (χ3v) is 8.43. The normalized spacial score (nSPS) is 21.9. The van der Waals surface area contributed by atoms with Crippen molar-refractivity contribution in [2.75, 3.05) is 17.6 Å². The number of thiazole rings is 1. The molecule has 2 aliphatic carbocycles. The predicted molar refractivity (Wildman–Crippen MR) is 116 cm³/mol. The van der Waals surface area contributed by atoms with E-state index in [1.165, 1.54) is 16.5 Å². The molecule has 2 N–H and O–H groups in total. The molecule has 0 spiro atoms. The Balaban J connectivity index is 1.38. The smallest absolute Gasteiger partial charge is 0.211 e. The van der Waals surface area contributed by atoms with Crippen LogP contribution in [0.5, 0.6) is 0 Å². The minimum atomic E-state index is -3.11. The summed E-state index contributed by atoms with van der Waals surface area (Å²) in [7, 11) is -3.11. The number of halogens is 1. The Morgan fingerprint density at radius 1 is 1.21 bits per heavy atom. The van der Waals surface area contributed by atoms with Gasteiger partial charge in [-0.2, -0.15) is 0 Å². The van der Waals surface area contributed by atoms with E-state index in [0.717, 1.165) is 61.3 Å². The van der Waals surface area contributed by atoms with E-state index in [1.807, 2.05) is 6.07 Å². The van der Waals surface area contributed by atoms with Crippen LogP contribution in [0.15, 0.2) is 18.2 Å². The summed E-state index contributed by atoms with van der Waals surface area (Å²) in [6.45, 7) is 2.20. The number of hydrogen-bond donors (Lipinski definition) is 2. The fourth-order valence-corrected chi connectivity index (χ4v) is 6.04. The van der Waals surface area contributed by atoms with Crippen LogP contribution in [0.25, 0.3) is 11.3 Å². The van der Waals surface area contributed by atoms with Crippen LogP contribution in [0.1, 0.15) is 49.5 Å². The molecule has 0 saturated heterocycles. The van der Waals surface area contributed by atoms with E-state index in [-0.39, 0.29) is 11.6 Å². The molecule has 0 radical (unpaired) electrons. The first-order valence-electron chi connectivity index (χ1n) is 10.5. The molecule has 0 unspecified atom stereocenters. The number of nitrogens with one attached hydrogen (secondary N) is 2. The van der Waals surface area contributed by atoms with Gasteiger partial charge in [0.25, 0.3) is 0 Å². The van der Waals surface area contributed by atoms with Gasteiger partial charge in [0.1, 0.15) is 5.82 Å². The number of sulfonamides is 1. The monoisotopic (exact) mass is 437 g/mol. The molecule has 2 aliphatic rings. The lowest BCUT2D eigenvalue weighted by Crippen LogP contribution is -2.34. The molecule has 1 aromatic heterocycles. The summed E-state index contributed by atoms with van der Waals surface area (Å²) >= 11 is 1.69. The maximum Gasteiger partial charge on any atom is 0.211 e. The van der Waals surface area contributed by atoms with Gasteiger partial charge in [-0.05, 0) is 75.5 Å². The first-order chi connectivity index (χ1) is 13.9. The molecule has 0 aliphatic heterocycles. The van der Waals surface area contributed by atoms with Gasteiger partial charge in [-0.25, -0.2) is 22.5 Å². The minimum absolute atomic E-state index is 0.131. The van der Waals surface area contributed by atoms with Crippen molar-refractivity contribution in [3.63, 3.8) is 0 Å². The van der Waals surface area contributed by atoms with E-state index >= 15 is 0 Å². The van der Waals surface area contributed by atoms with E-state index in [2.05, 4.69) is 10.0 Å². The third kappa shape index (κ3) is 4.98. The lowest BCUT2D eigenvalue weighted by Gasteiger charge is -2.29. The van der Waals surface area contributed by atoms with Crippen LogP contribution in [0, 0.1) is 11.7 Å².